The summed E-state index contributed by atoms with van der Waals surface area (Å²) in [4.78, 5) is 22.5. The minimum Gasteiger partial charge on any atom is -0.465 e. The summed E-state index contributed by atoms with van der Waals surface area (Å²) >= 11 is 0. The topological polar surface area (TPSA) is 101 Å². The number of rotatable bonds is 6. The van der Waals surface area contributed by atoms with Crippen molar-refractivity contribution in [2.45, 2.75) is 18.7 Å². The van der Waals surface area contributed by atoms with Crippen molar-refractivity contribution in [3.05, 3.63) is 41.3 Å². The number of Topliss-reactive ketones (excluding diaryl/α,β-unsaturated/α-hetero) is 1. The van der Waals surface area contributed by atoms with Crippen LogP contribution < -0.4 is 0 Å². The minimum atomic E-state index is -4.09. The van der Waals surface area contributed by atoms with Crippen LogP contribution in [0.1, 0.15) is 13.8 Å². The second kappa shape index (κ2) is 7.52. The number of esters is 1. The number of sulfone groups is 1. The van der Waals surface area contributed by atoms with Crippen molar-refractivity contribution in [3.63, 3.8) is 0 Å². The molecular formula is C15H15NO5S. The molecule has 0 spiro atoms. The Morgan fingerprint density at radius 2 is 1.91 bits per heavy atom. The number of carbonyl (C=O) groups is 2. The molecule has 7 heteroatoms. The van der Waals surface area contributed by atoms with E-state index in [0.29, 0.717) is 0 Å². The van der Waals surface area contributed by atoms with Gasteiger partial charge in [0.05, 0.1) is 11.5 Å². The Morgan fingerprint density at radius 1 is 1.32 bits per heavy atom. The largest absolute Gasteiger partial charge is 0.465 e. The van der Waals surface area contributed by atoms with Crippen LogP contribution in [0, 0.1) is 17.2 Å². The zero-order chi connectivity index (χ0) is 16.8. The highest BCUT2D eigenvalue weighted by molar-refractivity contribution is 7.95. The normalized spacial score (nSPS) is 13.0. The van der Waals surface area contributed by atoms with E-state index in [0.717, 1.165) is 13.0 Å². The molecule has 1 aromatic rings. The maximum absolute atomic E-state index is 12.3. The number of ether oxygens (including phenoxy) is 1. The molecule has 6 nitrogen and oxygen atoms in total. The number of hydrogen-bond acceptors (Lipinski definition) is 6. The van der Waals surface area contributed by atoms with Crippen LogP contribution in [0.5, 0.6) is 0 Å². The van der Waals surface area contributed by atoms with Crippen molar-refractivity contribution in [1.82, 2.24) is 0 Å². The third-order valence-electron chi connectivity index (χ3n) is 2.75. The number of hydrogen-bond donors (Lipinski definition) is 0. The Bertz CT molecular complexity index is 729. The number of ketones is 1. The van der Waals surface area contributed by atoms with E-state index < -0.39 is 32.4 Å². The first-order valence-corrected chi connectivity index (χ1v) is 7.92. The van der Waals surface area contributed by atoms with Crippen LogP contribution in [0.15, 0.2) is 46.2 Å². The monoisotopic (exact) mass is 321 g/mol. The molecule has 0 N–H and O–H groups in total. The molecule has 0 unspecified atom stereocenters. The van der Waals surface area contributed by atoms with E-state index in [-0.39, 0.29) is 11.5 Å². The SMILES string of the molecule is CCOC(=O)[C@H](/C=C(\C#N)S(=O)(=O)c1ccccc1)C(C)=O. The summed E-state index contributed by atoms with van der Waals surface area (Å²) in [7, 11) is -4.09. The molecule has 116 valence electrons. The van der Waals surface area contributed by atoms with Gasteiger partial charge in [0, 0.05) is 0 Å². The van der Waals surface area contributed by atoms with E-state index >= 15 is 0 Å². The highest BCUT2D eigenvalue weighted by atomic mass is 32.2. The quantitative estimate of drug-likeness (QED) is 0.448. The summed E-state index contributed by atoms with van der Waals surface area (Å²) in [6.07, 6.45) is 0.836. The smallest absolute Gasteiger partial charge is 0.320 e. The van der Waals surface area contributed by atoms with Crippen LogP contribution in [0.3, 0.4) is 0 Å². The predicted molar refractivity (Wildman–Crippen MR) is 78.1 cm³/mol. The molecule has 0 fully saturated rings. The second-order valence-corrected chi connectivity index (χ2v) is 6.22. The zero-order valence-corrected chi connectivity index (χ0v) is 13.0. The van der Waals surface area contributed by atoms with Gasteiger partial charge >= 0.3 is 5.97 Å². The molecule has 1 atom stereocenters. The van der Waals surface area contributed by atoms with Crippen LogP contribution in [-0.4, -0.2) is 26.8 Å². The molecule has 0 bridgehead atoms. The second-order valence-electron chi connectivity index (χ2n) is 4.30. The van der Waals surface area contributed by atoms with Gasteiger partial charge < -0.3 is 4.74 Å². The van der Waals surface area contributed by atoms with Gasteiger partial charge in [-0.05, 0) is 32.1 Å². The van der Waals surface area contributed by atoms with Gasteiger partial charge in [-0.2, -0.15) is 5.26 Å². The number of nitriles is 1. The van der Waals surface area contributed by atoms with Crippen LogP contribution in [0.25, 0.3) is 0 Å². The number of carbonyl (C=O) groups excluding carboxylic acids is 2. The van der Waals surface area contributed by atoms with Gasteiger partial charge in [-0.3, -0.25) is 9.59 Å². The van der Waals surface area contributed by atoms with Gasteiger partial charge in [-0.25, -0.2) is 8.42 Å². The van der Waals surface area contributed by atoms with E-state index in [1.54, 1.807) is 13.0 Å². The van der Waals surface area contributed by atoms with E-state index in [2.05, 4.69) is 0 Å². The first-order valence-electron chi connectivity index (χ1n) is 6.43. The number of nitrogens with zero attached hydrogens (tertiary/aromatic N) is 1. The van der Waals surface area contributed by atoms with Crippen molar-refractivity contribution in [1.29, 1.82) is 5.26 Å². The van der Waals surface area contributed by atoms with Crippen molar-refractivity contribution in [2.24, 2.45) is 5.92 Å². The van der Waals surface area contributed by atoms with Gasteiger partial charge in [0.1, 0.15) is 22.7 Å². The molecule has 0 saturated carbocycles. The maximum Gasteiger partial charge on any atom is 0.320 e. The number of benzene rings is 1. The van der Waals surface area contributed by atoms with Gasteiger partial charge in [0.25, 0.3) is 0 Å². The van der Waals surface area contributed by atoms with Crippen molar-refractivity contribution < 1.29 is 22.7 Å². The van der Waals surface area contributed by atoms with Gasteiger partial charge in [-0.1, -0.05) is 18.2 Å². The molecular weight excluding hydrogens is 306 g/mol. The van der Waals surface area contributed by atoms with Crippen molar-refractivity contribution in [3.8, 4) is 6.07 Å². The van der Waals surface area contributed by atoms with Gasteiger partial charge in [0.15, 0.2) is 0 Å². The third kappa shape index (κ3) is 4.02. The van der Waals surface area contributed by atoms with Crippen molar-refractivity contribution in [2.75, 3.05) is 6.61 Å². The average molecular weight is 321 g/mol. The number of allylic oxidation sites excluding steroid dienone is 1. The van der Waals surface area contributed by atoms with E-state index in [4.69, 9.17) is 10.00 Å². The lowest BCUT2D eigenvalue weighted by Crippen LogP contribution is -2.23. The molecule has 0 aliphatic heterocycles. The summed E-state index contributed by atoms with van der Waals surface area (Å²) < 4.78 is 29.4. The fourth-order valence-corrected chi connectivity index (χ4v) is 2.85. The lowest BCUT2D eigenvalue weighted by molar-refractivity contribution is -0.149. The molecule has 22 heavy (non-hydrogen) atoms. The predicted octanol–water partition coefficient (Wildman–Crippen LogP) is 1.64. The zero-order valence-electron chi connectivity index (χ0n) is 12.1. The van der Waals surface area contributed by atoms with E-state index in [1.807, 2.05) is 0 Å². The molecule has 0 radical (unpaired) electrons. The molecule has 1 rings (SSSR count). The fourth-order valence-electron chi connectivity index (χ4n) is 1.65. The Morgan fingerprint density at radius 3 is 2.36 bits per heavy atom. The Hall–Kier alpha value is -2.46. The molecule has 0 aliphatic carbocycles. The molecule has 0 heterocycles. The van der Waals surface area contributed by atoms with E-state index in [9.17, 15) is 18.0 Å². The molecule has 0 aliphatic rings. The highest BCUT2D eigenvalue weighted by Crippen LogP contribution is 2.20. The lowest BCUT2D eigenvalue weighted by Gasteiger charge is -2.09. The third-order valence-corrected chi connectivity index (χ3v) is 4.45. The van der Waals surface area contributed by atoms with Crippen LogP contribution in [0.4, 0.5) is 0 Å². The van der Waals surface area contributed by atoms with Crippen LogP contribution >= 0.6 is 0 Å². The van der Waals surface area contributed by atoms with Gasteiger partial charge in [-0.15, -0.1) is 0 Å². The standard InChI is InChI=1S/C15H15NO5S/c1-3-21-15(18)14(11(2)17)9-13(10-16)22(19,20)12-7-5-4-6-8-12/h4-9,14H,3H2,1-2H3/b13-9+/t14-/m1/s1. The molecule has 0 amide bonds. The summed E-state index contributed by atoms with van der Waals surface area (Å²) in [5.41, 5.74) is 0. The first-order chi connectivity index (χ1) is 10.3. The Kier molecular flexibility index (Phi) is 6.01. The van der Waals surface area contributed by atoms with Crippen LogP contribution in [0.2, 0.25) is 0 Å². The minimum absolute atomic E-state index is 0.0454. The summed E-state index contributed by atoms with van der Waals surface area (Å²) in [6.45, 7) is 2.73. The Labute approximate surface area is 128 Å². The first kappa shape index (κ1) is 17.6. The fraction of sp³-hybridized carbons (Fsp3) is 0.267. The summed E-state index contributed by atoms with van der Waals surface area (Å²) in [6, 6.07) is 8.84. The summed E-state index contributed by atoms with van der Waals surface area (Å²) in [5, 5.41) is 9.10. The van der Waals surface area contributed by atoms with Crippen LogP contribution in [-0.2, 0) is 24.2 Å². The van der Waals surface area contributed by atoms with E-state index in [1.165, 1.54) is 30.3 Å². The molecule has 0 saturated heterocycles. The highest BCUT2D eigenvalue weighted by Gasteiger charge is 2.28. The van der Waals surface area contributed by atoms with Gasteiger partial charge in [0.2, 0.25) is 9.84 Å². The molecule has 0 aromatic heterocycles. The van der Waals surface area contributed by atoms with Crippen molar-refractivity contribution >= 4 is 21.6 Å². The lowest BCUT2D eigenvalue weighted by atomic mass is 10.1. The molecule has 1 aromatic carbocycles. The Balaban J connectivity index is 3.32. The average Bonchev–Trinajstić information content (AvgIpc) is 2.48. The maximum atomic E-state index is 12.3. The summed E-state index contributed by atoms with van der Waals surface area (Å²) in [5.74, 6) is -2.91.